The van der Waals surface area contributed by atoms with E-state index in [4.69, 9.17) is 16.3 Å². The van der Waals surface area contributed by atoms with E-state index in [1.54, 1.807) is 45.0 Å². The molecule has 2 aromatic rings. The fourth-order valence-electron chi connectivity index (χ4n) is 2.77. The van der Waals surface area contributed by atoms with Crippen molar-refractivity contribution in [3.05, 3.63) is 53.6 Å². The first-order valence-corrected chi connectivity index (χ1v) is 11.8. The maximum absolute atomic E-state index is 12.7. The summed E-state index contributed by atoms with van der Waals surface area (Å²) >= 11 is 5.88. The van der Waals surface area contributed by atoms with Gasteiger partial charge in [-0.05, 0) is 69.0 Å². The number of hydrogen-bond acceptors (Lipinski definition) is 5. The number of sulfonamides is 1. The number of carboxylic acids is 1. The fourth-order valence-corrected chi connectivity index (χ4v) is 4.12. The zero-order valence-corrected chi connectivity index (χ0v) is 19.7. The van der Waals surface area contributed by atoms with E-state index in [0.29, 0.717) is 5.02 Å². The van der Waals surface area contributed by atoms with Crippen LogP contribution in [0.1, 0.15) is 33.6 Å². The highest BCUT2D eigenvalue weighted by Crippen LogP contribution is 2.23. The van der Waals surface area contributed by atoms with E-state index in [2.05, 4.69) is 10.0 Å². The van der Waals surface area contributed by atoms with Crippen LogP contribution in [0.5, 0.6) is 0 Å². The van der Waals surface area contributed by atoms with Gasteiger partial charge in [-0.1, -0.05) is 35.9 Å². The molecule has 0 bridgehead atoms. The molecule has 10 heteroatoms. The molecule has 0 aliphatic carbocycles. The van der Waals surface area contributed by atoms with Crippen molar-refractivity contribution in [1.29, 1.82) is 0 Å². The van der Waals surface area contributed by atoms with Crippen molar-refractivity contribution in [2.24, 2.45) is 0 Å². The van der Waals surface area contributed by atoms with E-state index in [1.165, 1.54) is 12.1 Å². The summed E-state index contributed by atoms with van der Waals surface area (Å²) in [6.45, 7) is 5.33. The highest BCUT2D eigenvalue weighted by atomic mass is 35.5. The Bertz CT molecular complexity index is 1030. The maximum Gasteiger partial charge on any atom is 0.407 e. The summed E-state index contributed by atoms with van der Waals surface area (Å²) in [5, 5.41) is 12.5. The van der Waals surface area contributed by atoms with Crippen LogP contribution in [0.3, 0.4) is 0 Å². The van der Waals surface area contributed by atoms with Crippen molar-refractivity contribution in [2.45, 2.75) is 50.2 Å². The predicted molar refractivity (Wildman–Crippen MR) is 122 cm³/mol. The number of carbonyl (C=O) groups is 2. The van der Waals surface area contributed by atoms with E-state index in [-0.39, 0.29) is 24.3 Å². The molecule has 0 aromatic heterocycles. The average Bonchev–Trinajstić information content (AvgIpc) is 2.69. The van der Waals surface area contributed by atoms with Crippen LogP contribution >= 0.6 is 11.6 Å². The zero-order valence-electron chi connectivity index (χ0n) is 18.1. The SMILES string of the molecule is CC(C)(C)OC(=O)NCCCC(NS(=O)(=O)c1ccc(-c2ccc(Cl)cc2)cc1)C(=O)O. The fraction of sp³-hybridized carbons (Fsp3) is 0.364. The summed E-state index contributed by atoms with van der Waals surface area (Å²) < 4.78 is 32.6. The Hall–Kier alpha value is -2.62. The van der Waals surface area contributed by atoms with E-state index in [0.717, 1.165) is 11.1 Å². The first-order chi connectivity index (χ1) is 14.9. The Morgan fingerprint density at radius 1 is 1.03 bits per heavy atom. The zero-order chi connectivity index (χ0) is 23.9. The van der Waals surface area contributed by atoms with Gasteiger partial charge in [-0.25, -0.2) is 13.2 Å². The van der Waals surface area contributed by atoms with Crippen LogP contribution in [0.15, 0.2) is 53.4 Å². The number of rotatable bonds is 9. The molecule has 174 valence electrons. The Kier molecular flexibility index (Phi) is 8.65. The number of aliphatic carboxylic acids is 1. The van der Waals surface area contributed by atoms with Gasteiger partial charge in [-0.3, -0.25) is 4.79 Å². The molecule has 0 heterocycles. The smallest absolute Gasteiger partial charge is 0.407 e. The second-order valence-electron chi connectivity index (χ2n) is 8.11. The maximum atomic E-state index is 12.7. The highest BCUT2D eigenvalue weighted by molar-refractivity contribution is 7.89. The quantitative estimate of drug-likeness (QED) is 0.463. The van der Waals surface area contributed by atoms with Gasteiger partial charge in [0.2, 0.25) is 10.0 Å². The summed E-state index contributed by atoms with van der Waals surface area (Å²) in [5.74, 6) is -1.30. The molecule has 0 radical (unpaired) electrons. The molecule has 2 aromatic carbocycles. The Balaban J connectivity index is 1.97. The van der Waals surface area contributed by atoms with Gasteiger partial charge in [-0.15, -0.1) is 0 Å². The van der Waals surface area contributed by atoms with Crippen LogP contribution in [-0.2, 0) is 19.6 Å². The first-order valence-electron chi connectivity index (χ1n) is 9.95. The standard InChI is InChI=1S/C22H27ClN2O6S/c1-22(2,3)31-21(28)24-14-4-5-19(20(26)27)25-32(29,30)18-12-8-16(9-13-18)15-6-10-17(23)11-7-15/h6-13,19,25H,4-5,14H2,1-3H3,(H,24,28)(H,26,27). The number of carboxylic acid groups (broad SMARTS) is 1. The lowest BCUT2D eigenvalue weighted by atomic mass is 10.1. The summed E-state index contributed by atoms with van der Waals surface area (Å²) in [6.07, 6.45) is -0.382. The molecule has 1 amide bonds. The minimum absolute atomic E-state index is 0.00673. The molecule has 0 aliphatic rings. The van der Waals surface area contributed by atoms with E-state index < -0.39 is 33.7 Å². The van der Waals surface area contributed by atoms with Crippen LogP contribution in [0, 0.1) is 0 Å². The van der Waals surface area contributed by atoms with Gasteiger partial charge >= 0.3 is 12.1 Å². The summed E-state index contributed by atoms with van der Waals surface area (Å²) in [4.78, 5) is 23.1. The molecule has 32 heavy (non-hydrogen) atoms. The van der Waals surface area contributed by atoms with Gasteiger partial charge in [0.1, 0.15) is 11.6 Å². The topological polar surface area (TPSA) is 122 Å². The lowest BCUT2D eigenvalue weighted by Gasteiger charge is -2.20. The summed E-state index contributed by atoms with van der Waals surface area (Å²) in [7, 11) is -4.05. The van der Waals surface area contributed by atoms with Crippen LogP contribution in [-0.4, -0.2) is 43.8 Å². The third-order valence-electron chi connectivity index (χ3n) is 4.28. The summed E-state index contributed by atoms with van der Waals surface area (Å²) in [6, 6.07) is 11.9. The van der Waals surface area contributed by atoms with Gasteiger partial charge in [0.15, 0.2) is 0 Å². The average molecular weight is 483 g/mol. The number of nitrogens with one attached hydrogen (secondary N) is 2. The van der Waals surface area contributed by atoms with Gasteiger partial charge in [0.05, 0.1) is 4.90 Å². The monoisotopic (exact) mass is 482 g/mol. The molecule has 0 saturated carbocycles. The predicted octanol–water partition coefficient (Wildman–Crippen LogP) is 4.04. The molecular formula is C22H27ClN2O6S. The molecule has 0 saturated heterocycles. The van der Waals surface area contributed by atoms with Gasteiger partial charge < -0.3 is 15.2 Å². The van der Waals surface area contributed by atoms with Gasteiger partial charge in [-0.2, -0.15) is 4.72 Å². The highest BCUT2D eigenvalue weighted by Gasteiger charge is 2.25. The van der Waals surface area contributed by atoms with Crippen molar-refractivity contribution in [1.82, 2.24) is 10.0 Å². The molecule has 3 N–H and O–H groups in total. The third kappa shape index (κ3) is 8.14. The lowest BCUT2D eigenvalue weighted by molar-refractivity contribution is -0.139. The van der Waals surface area contributed by atoms with E-state index >= 15 is 0 Å². The minimum atomic E-state index is -4.05. The van der Waals surface area contributed by atoms with E-state index in [9.17, 15) is 23.1 Å². The second-order valence-corrected chi connectivity index (χ2v) is 10.3. The van der Waals surface area contributed by atoms with Crippen LogP contribution in [0.2, 0.25) is 5.02 Å². The number of hydrogen-bond donors (Lipinski definition) is 3. The van der Waals surface area contributed by atoms with Crippen molar-refractivity contribution < 1.29 is 27.9 Å². The van der Waals surface area contributed by atoms with Crippen molar-refractivity contribution in [2.75, 3.05) is 6.54 Å². The van der Waals surface area contributed by atoms with Crippen LogP contribution in [0.4, 0.5) is 4.79 Å². The van der Waals surface area contributed by atoms with Crippen molar-refractivity contribution >= 4 is 33.7 Å². The molecule has 0 aliphatic heterocycles. The minimum Gasteiger partial charge on any atom is -0.480 e. The Morgan fingerprint density at radius 2 is 1.56 bits per heavy atom. The second kappa shape index (κ2) is 10.8. The van der Waals surface area contributed by atoms with E-state index in [1.807, 2.05) is 12.1 Å². The van der Waals surface area contributed by atoms with Crippen molar-refractivity contribution in [3.63, 3.8) is 0 Å². The lowest BCUT2D eigenvalue weighted by Crippen LogP contribution is -2.41. The Morgan fingerprint density at radius 3 is 2.06 bits per heavy atom. The Labute approximate surface area is 193 Å². The number of benzene rings is 2. The molecule has 1 atom stereocenters. The molecule has 2 rings (SSSR count). The molecule has 0 spiro atoms. The first kappa shape index (κ1) is 25.6. The number of alkyl carbamates (subject to hydrolysis) is 1. The number of halogens is 1. The van der Waals surface area contributed by atoms with Gasteiger partial charge in [0, 0.05) is 11.6 Å². The third-order valence-corrected chi connectivity index (χ3v) is 6.02. The number of carbonyl (C=O) groups excluding carboxylic acids is 1. The number of ether oxygens (including phenoxy) is 1. The molecule has 0 fully saturated rings. The van der Waals surface area contributed by atoms with Gasteiger partial charge in [0.25, 0.3) is 0 Å². The molecular weight excluding hydrogens is 456 g/mol. The normalized spacial score (nSPS) is 12.8. The summed E-state index contributed by atoms with van der Waals surface area (Å²) in [5.41, 5.74) is 1.02. The van der Waals surface area contributed by atoms with Crippen molar-refractivity contribution in [3.8, 4) is 11.1 Å². The van der Waals surface area contributed by atoms with Crippen LogP contribution in [0.25, 0.3) is 11.1 Å². The molecule has 8 nitrogen and oxygen atoms in total. The van der Waals surface area contributed by atoms with Crippen LogP contribution < -0.4 is 10.0 Å². The number of amides is 1. The molecule has 1 unspecified atom stereocenters. The largest absolute Gasteiger partial charge is 0.480 e.